The molecule has 2 heterocycles. The van der Waals surface area contributed by atoms with Gasteiger partial charge in [-0.3, -0.25) is 4.79 Å². The quantitative estimate of drug-likeness (QED) is 0.646. The molecule has 0 saturated heterocycles. The van der Waals surface area contributed by atoms with Gasteiger partial charge in [-0.2, -0.15) is 0 Å². The minimum absolute atomic E-state index is 0.0664. The van der Waals surface area contributed by atoms with Crippen LogP contribution in [-0.4, -0.2) is 33.4 Å². The molecular formula is C24H26N4O. The van der Waals surface area contributed by atoms with Crippen molar-refractivity contribution in [2.45, 2.75) is 39.8 Å². The van der Waals surface area contributed by atoms with Gasteiger partial charge in [0.05, 0.1) is 0 Å². The summed E-state index contributed by atoms with van der Waals surface area (Å²) in [6.45, 7) is 7.27. The number of hydrogen-bond donors (Lipinski definition) is 0. The third-order valence-electron chi connectivity index (χ3n) is 5.37. The lowest BCUT2D eigenvalue weighted by atomic mass is 10.1. The standard InChI is InChI=1S/C24H26N4O/c1-4-27(16-19-10-6-5-7-11-19)23(29)21-14-17(2)25-24(26-21)28-18(3)15-20-12-8-9-13-22(20)28/h5-14,18H,4,15-16H2,1-3H3. The van der Waals surface area contributed by atoms with E-state index in [2.05, 4.69) is 35.0 Å². The number of anilines is 2. The monoisotopic (exact) mass is 386 g/mol. The molecule has 0 radical (unpaired) electrons. The molecule has 0 spiro atoms. The van der Waals surface area contributed by atoms with E-state index >= 15 is 0 Å². The van der Waals surface area contributed by atoms with Crippen LogP contribution in [0.2, 0.25) is 0 Å². The van der Waals surface area contributed by atoms with Crippen LogP contribution in [0.1, 0.15) is 41.2 Å². The maximum absolute atomic E-state index is 13.2. The Kier molecular flexibility index (Phi) is 5.30. The number of carbonyl (C=O) groups is 1. The second-order valence-corrected chi connectivity index (χ2v) is 7.55. The van der Waals surface area contributed by atoms with E-state index < -0.39 is 0 Å². The van der Waals surface area contributed by atoms with Gasteiger partial charge in [-0.1, -0.05) is 48.5 Å². The van der Waals surface area contributed by atoms with Crippen LogP contribution >= 0.6 is 0 Å². The van der Waals surface area contributed by atoms with Gasteiger partial charge in [0.15, 0.2) is 0 Å². The third kappa shape index (κ3) is 3.86. The Morgan fingerprint density at radius 1 is 1.10 bits per heavy atom. The number of amides is 1. The van der Waals surface area contributed by atoms with Crippen LogP contribution in [-0.2, 0) is 13.0 Å². The van der Waals surface area contributed by atoms with Crippen molar-refractivity contribution in [1.29, 1.82) is 0 Å². The number of fused-ring (bicyclic) bond motifs is 1. The predicted molar refractivity (Wildman–Crippen MR) is 115 cm³/mol. The summed E-state index contributed by atoms with van der Waals surface area (Å²) in [6.07, 6.45) is 0.950. The molecule has 0 bridgehead atoms. The van der Waals surface area contributed by atoms with Gasteiger partial charge in [0.1, 0.15) is 5.69 Å². The minimum Gasteiger partial charge on any atom is -0.333 e. The zero-order chi connectivity index (χ0) is 20.4. The first kappa shape index (κ1) is 19.1. The van der Waals surface area contributed by atoms with E-state index in [9.17, 15) is 4.79 Å². The van der Waals surface area contributed by atoms with Gasteiger partial charge in [0, 0.05) is 30.5 Å². The topological polar surface area (TPSA) is 49.3 Å². The number of para-hydroxylation sites is 1. The van der Waals surface area contributed by atoms with E-state index in [1.165, 1.54) is 5.56 Å². The van der Waals surface area contributed by atoms with Crippen LogP contribution in [0.5, 0.6) is 0 Å². The smallest absolute Gasteiger partial charge is 0.272 e. The summed E-state index contributed by atoms with van der Waals surface area (Å²) in [5.41, 5.74) is 4.77. The molecule has 2 aromatic carbocycles. The summed E-state index contributed by atoms with van der Waals surface area (Å²) in [5.74, 6) is 0.532. The molecule has 0 saturated carbocycles. The van der Waals surface area contributed by atoms with E-state index in [0.29, 0.717) is 24.7 Å². The molecule has 0 aliphatic carbocycles. The maximum atomic E-state index is 13.2. The van der Waals surface area contributed by atoms with Crippen molar-refractivity contribution in [2.75, 3.05) is 11.4 Å². The van der Waals surface area contributed by atoms with Crippen molar-refractivity contribution in [3.8, 4) is 0 Å². The summed E-state index contributed by atoms with van der Waals surface area (Å²) in [5, 5.41) is 0. The highest BCUT2D eigenvalue weighted by molar-refractivity contribution is 5.92. The number of benzene rings is 2. The Hall–Kier alpha value is -3.21. The zero-order valence-electron chi connectivity index (χ0n) is 17.2. The molecular weight excluding hydrogens is 360 g/mol. The molecule has 1 aliphatic heterocycles. The molecule has 1 atom stereocenters. The fourth-order valence-corrected chi connectivity index (χ4v) is 3.93. The molecule has 0 fully saturated rings. The van der Waals surface area contributed by atoms with E-state index in [0.717, 1.165) is 23.4 Å². The Morgan fingerprint density at radius 3 is 2.59 bits per heavy atom. The predicted octanol–water partition coefficient (Wildman–Crippen LogP) is 4.53. The fourth-order valence-electron chi connectivity index (χ4n) is 3.93. The second-order valence-electron chi connectivity index (χ2n) is 7.55. The van der Waals surface area contributed by atoms with E-state index in [1.54, 1.807) is 6.07 Å². The first-order valence-corrected chi connectivity index (χ1v) is 10.1. The highest BCUT2D eigenvalue weighted by Crippen LogP contribution is 2.36. The van der Waals surface area contributed by atoms with Crippen LogP contribution in [0.25, 0.3) is 0 Å². The highest BCUT2D eigenvalue weighted by Gasteiger charge is 2.29. The lowest BCUT2D eigenvalue weighted by molar-refractivity contribution is 0.0746. The number of aromatic nitrogens is 2. The first-order chi connectivity index (χ1) is 14.1. The van der Waals surface area contributed by atoms with E-state index in [1.807, 2.05) is 55.1 Å². The van der Waals surface area contributed by atoms with Crippen LogP contribution in [0.15, 0.2) is 60.7 Å². The molecule has 4 rings (SSSR count). The number of nitrogens with zero attached hydrogens (tertiary/aromatic N) is 4. The molecule has 1 aromatic heterocycles. The highest BCUT2D eigenvalue weighted by atomic mass is 16.2. The van der Waals surface area contributed by atoms with Crippen LogP contribution in [0, 0.1) is 6.92 Å². The minimum atomic E-state index is -0.0664. The van der Waals surface area contributed by atoms with Gasteiger partial charge in [-0.05, 0) is 50.5 Å². The fraction of sp³-hybridized carbons (Fsp3) is 0.292. The molecule has 5 heteroatoms. The SMILES string of the molecule is CCN(Cc1ccccc1)C(=O)c1cc(C)nc(N2c3ccccc3CC2C)n1. The maximum Gasteiger partial charge on any atom is 0.272 e. The zero-order valence-corrected chi connectivity index (χ0v) is 17.2. The number of aryl methyl sites for hydroxylation is 1. The molecule has 1 amide bonds. The molecule has 5 nitrogen and oxygen atoms in total. The first-order valence-electron chi connectivity index (χ1n) is 10.1. The lowest BCUT2D eigenvalue weighted by Gasteiger charge is -2.25. The second kappa shape index (κ2) is 8.03. The molecule has 29 heavy (non-hydrogen) atoms. The number of hydrogen-bond acceptors (Lipinski definition) is 4. The molecule has 148 valence electrons. The van der Waals surface area contributed by atoms with Gasteiger partial charge >= 0.3 is 0 Å². The Labute approximate surface area is 172 Å². The van der Waals surface area contributed by atoms with Gasteiger partial charge < -0.3 is 9.80 Å². The van der Waals surface area contributed by atoms with Crippen LogP contribution in [0.4, 0.5) is 11.6 Å². The third-order valence-corrected chi connectivity index (χ3v) is 5.37. The molecule has 1 unspecified atom stereocenters. The Morgan fingerprint density at radius 2 is 1.83 bits per heavy atom. The van der Waals surface area contributed by atoms with Crippen LogP contribution < -0.4 is 4.90 Å². The molecule has 3 aromatic rings. The van der Waals surface area contributed by atoms with Crippen molar-refractivity contribution < 1.29 is 4.79 Å². The lowest BCUT2D eigenvalue weighted by Crippen LogP contribution is -2.32. The normalized spacial score (nSPS) is 15.3. The van der Waals surface area contributed by atoms with E-state index in [4.69, 9.17) is 4.98 Å². The summed E-state index contributed by atoms with van der Waals surface area (Å²) in [7, 11) is 0. The average molecular weight is 386 g/mol. The van der Waals surface area contributed by atoms with Crippen molar-refractivity contribution in [2.24, 2.45) is 0 Å². The Balaban J connectivity index is 1.65. The number of rotatable bonds is 5. The number of carbonyl (C=O) groups excluding carboxylic acids is 1. The van der Waals surface area contributed by atoms with Gasteiger partial charge in [0.25, 0.3) is 5.91 Å². The summed E-state index contributed by atoms with van der Waals surface area (Å²) < 4.78 is 0. The van der Waals surface area contributed by atoms with E-state index in [-0.39, 0.29) is 11.9 Å². The Bertz CT molecular complexity index is 1020. The van der Waals surface area contributed by atoms with Crippen molar-refractivity contribution in [3.63, 3.8) is 0 Å². The van der Waals surface area contributed by atoms with Crippen molar-refractivity contribution >= 4 is 17.5 Å². The van der Waals surface area contributed by atoms with Gasteiger partial charge in [0.2, 0.25) is 5.95 Å². The summed E-state index contributed by atoms with van der Waals surface area (Å²) in [6, 6.07) is 20.4. The van der Waals surface area contributed by atoms with Crippen molar-refractivity contribution in [1.82, 2.24) is 14.9 Å². The van der Waals surface area contributed by atoms with Crippen LogP contribution in [0.3, 0.4) is 0 Å². The summed E-state index contributed by atoms with van der Waals surface area (Å²) in [4.78, 5) is 26.6. The van der Waals surface area contributed by atoms with Gasteiger partial charge in [-0.25, -0.2) is 9.97 Å². The molecule has 1 aliphatic rings. The molecule has 0 N–H and O–H groups in total. The van der Waals surface area contributed by atoms with Crippen molar-refractivity contribution in [3.05, 3.63) is 83.2 Å². The van der Waals surface area contributed by atoms with Gasteiger partial charge in [-0.15, -0.1) is 0 Å². The largest absolute Gasteiger partial charge is 0.333 e. The average Bonchev–Trinajstić information content (AvgIpc) is 3.07. The summed E-state index contributed by atoms with van der Waals surface area (Å²) >= 11 is 0.